The maximum Gasteiger partial charge on any atom is 0.0543 e. The molecule has 0 atom stereocenters. The first-order valence-corrected chi connectivity index (χ1v) is 17.1. The third-order valence-corrected chi connectivity index (χ3v) is 9.88. The third-order valence-electron chi connectivity index (χ3n) is 9.88. The van der Waals surface area contributed by atoms with Crippen molar-refractivity contribution in [2.75, 3.05) is 0 Å². The van der Waals surface area contributed by atoms with Crippen LogP contribution in [0.25, 0.3) is 77.2 Å². The summed E-state index contributed by atoms with van der Waals surface area (Å²) < 4.78 is 4.81. The predicted molar refractivity (Wildman–Crippen MR) is 205 cm³/mol. The zero-order chi connectivity index (χ0) is 32.0. The molecule has 0 aliphatic heterocycles. The van der Waals surface area contributed by atoms with E-state index in [0.717, 1.165) is 6.42 Å². The first-order chi connectivity index (χ1) is 23.8. The molecule has 7 aromatic carbocycles. The van der Waals surface area contributed by atoms with Gasteiger partial charge in [0.1, 0.15) is 0 Å². The largest absolute Gasteiger partial charge is 0.309 e. The van der Waals surface area contributed by atoms with E-state index in [-0.39, 0.29) is 0 Å². The molecule has 230 valence electrons. The van der Waals surface area contributed by atoms with E-state index in [9.17, 15) is 0 Å². The highest BCUT2D eigenvalue weighted by molar-refractivity contribution is 6.12. The minimum atomic E-state index is 1.11. The maximum absolute atomic E-state index is 2.43. The van der Waals surface area contributed by atoms with Gasteiger partial charge in [0.25, 0.3) is 0 Å². The van der Waals surface area contributed by atoms with Crippen LogP contribution in [0.2, 0.25) is 0 Å². The maximum atomic E-state index is 2.43. The Morgan fingerprint density at radius 3 is 1.52 bits per heavy atom. The van der Waals surface area contributed by atoms with Crippen molar-refractivity contribution in [1.29, 1.82) is 0 Å². The topological polar surface area (TPSA) is 9.86 Å². The normalized spacial score (nSPS) is 11.7. The van der Waals surface area contributed by atoms with E-state index >= 15 is 0 Å². The van der Waals surface area contributed by atoms with Gasteiger partial charge in [-0.15, -0.1) is 0 Å². The number of benzene rings is 7. The van der Waals surface area contributed by atoms with Crippen molar-refractivity contribution >= 4 is 43.6 Å². The highest BCUT2D eigenvalue weighted by Crippen LogP contribution is 2.38. The quantitative estimate of drug-likeness (QED) is 0.169. The van der Waals surface area contributed by atoms with Crippen LogP contribution in [0.15, 0.2) is 164 Å². The van der Waals surface area contributed by atoms with Gasteiger partial charge in [-0.25, -0.2) is 0 Å². The second-order valence-electron chi connectivity index (χ2n) is 12.9. The van der Waals surface area contributed by atoms with Crippen LogP contribution in [0, 0.1) is 0 Å². The summed E-state index contributed by atoms with van der Waals surface area (Å²) in [6, 6.07) is 60.1. The van der Waals surface area contributed by atoms with Gasteiger partial charge >= 0.3 is 0 Å². The van der Waals surface area contributed by atoms with Crippen LogP contribution in [0.3, 0.4) is 0 Å². The van der Waals surface area contributed by atoms with Crippen LogP contribution in [0.1, 0.15) is 25.3 Å². The lowest BCUT2D eigenvalue weighted by Gasteiger charge is -2.10. The summed E-state index contributed by atoms with van der Waals surface area (Å²) in [4.78, 5) is 0. The second-order valence-corrected chi connectivity index (χ2v) is 12.9. The van der Waals surface area contributed by atoms with Crippen LogP contribution in [-0.2, 0) is 6.42 Å². The van der Waals surface area contributed by atoms with Crippen LogP contribution in [0.5, 0.6) is 0 Å². The number of fused-ring (bicyclic) bond motifs is 6. The Balaban J connectivity index is 1.16. The van der Waals surface area contributed by atoms with Gasteiger partial charge in [-0.3, -0.25) is 0 Å². The van der Waals surface area contributed by atoms with Gasteiger partial charge < -0.3 is 9.13 Å². The van der Waals surface area contributed by atoms with E-state index in [0.29, 0.717) is 0 Å². The second kappa shape index (κ2) is 11.7. The predicted octanol–water partition coefficient (Wildman–Crippen LogP) is 12.6. The lowest BCUT2D eigenvalue weighted by atomic mass is 9.97. The molecule has 0 spiro atoms. The number of hydrogen-bond donors (Lipinski definition) is 0. The molecule has 0 aliphatic carbocycles. The van der Waals surface area contributed by atoms with Crippen molar-refractivity contribution in [2.24, 2.45) is 0 Å². The SMILES string of the molecule is CCCCc1ccc2c3cc(-c4cccc(-c5ccc6c(c5)c5ccccc5n6-c5ccccc5)c4)ccc3n(-c3ccccc3)c2c1. The number of nitrogens with zero attached hydrogens (tertiary/aromatic N) is 2. The minimum absolute atomic E-state index is 1.11. The molecule has 2 nitrogen and oxygen atoms in total. The lowest BCUT2D eigenvalue weighted by molar-refractivity contribution is 0.795. The van der Waals surface area contributed by atoms with Gasteiger partial charge in [-0.2, -0.15) is 0 Å². The molecule has 0 saturated carbocycles. The summed E-state index contributed by atoms with van der Waals surface area (Å²) in [7, 11) is 0. The van der Waals surface area contributed by atoms with E-state index in [4.69, 9.17) is 0 Å². The Bertz CT molecular complexity index is 2590. The van der Waals surface area contributed by atoms with E-state index in [1.807, 2.05) is 0 Å². The standard InChI is InChI=1S/C46H36N2/c1-2-3-13-32-22-25-40-42-31-36(24-27-45(42)48(46(40)28-32)38-18-8-5-9-19-38)34-15-12-14-33(29-34)35-23-26-44-41(30-35)39-20-10-11-21-43(39)47(44)37-16-6-4-7-17-37/h4-12,14-31H,2-3,13H2,1H3. The third kappa shape index (κ3) is 4.72. The average Bonchev–Trinajstić information content (AvgIpc) is 3.66. The van der Waals surface area contributed by atoms with Crippen molar-refractivity contribution in [3.8, 4) is 33.6 Å². The van der Waals surface area contributed by atoms with Crippen LogP contribution < -0.4 is 0 Å². The Morgan fingerprint density at radius 1 is 0.375 bits per heavy atom. The molecule has 0 radical (unpaired) electrons. The van der Waals surface area contributed by atoms with Crippen molar-refractivity contribution < 1.29 is 0 Å². The van der Waals surface area contributed by atoms with Crippen molar-refractivity contribution in [3.05, 3.63) is 169 Å². The van der Waals surface area contributed by atoms with Crippen LogP contribution in [-0.4, -0.2) is 9.13 Å². The Kier molecular flexibility index (Phi) is 6.94. The molecule has 9 aromatic rings. The molecule has 2 heteroatoms. The minimum Gasteiger partial charge on any atom is -0.309 e. The van der Waals surface area contributed by atoms with E-state index in [1.54, 1.807) is 0 Å². The fourth-order valence-electron chi connectivity index (χ4n) is 7.52. The average molecular weight is 617 g/mol. The zero-order valence-corrected chi connectivity index (χ0v) is 27.1. The monoisotopic (exact) mass is 616 g/mol. The first-order valence-electron chi connectivity index (χ1n) is 17.1. The number of para-hydroxylation sites is 3. The van der Waals surface area contributed by atoms with Crippen LogP contribution >= 0.6 is 0 Å². The highest BCUT2D eigenvalue weighted by atomic mass is 15.0. The fourth-order valence-corrected chi connectivity index (χ4v) is 7.52. The Labute approximate surface area is 281 Å². The van der Waals surface area contributed by atoms with Crippen molar-refractivity contribution in [3.63, 3.8) is 0 Å². The van der Waals surface area contributed by atoms with Gasteiger partial charge in [-0.1, -0.05) is 110 Å². The molecule has 0 unspecified atom stereocenters. The number of aryl methyl sites for hydroxylation is 1. The van der Waals surface area contributed by atoms with Crippen molar-refractivity contribution in [2.45, 2.75) is 26.2 Å². The lowest BCUT2D eigenvalue weighted by Crippen LogP contribution is -1.94. The number of unbranched alkanes of at least 4 members (excludes halogenated alkanes) is 1. The highest BCUT2D eigenvalue weighted by Gasteiger charge is 2.16. The van der Waals surface area contributed by atoms with Gasteiger partial charge in [0.15, 0.2) is 0 Å². The molecule has 9 rings (SSSR count). The molecule has 48 heavy (non-hydrogen) atoms. The molecule has 0 aliphatic rings. The van der Waals surface area contributed by atoms with Gasteiger partial charge in [-0.05, 0) is 107 Å². The summed E-state index contributed by atoms with van der Waals surface area (Å²) in [6.45, 7) is 2.26. The molecule has 0 N–H and O–H groups in total. The van der Waals surface area contributed by atoms with E-state index < -0.39 is 0 Å². The van der Waals surface area contributed by atoms with Gasteiger partial charge in [0.2, 0.25) is 0 Å². The van der Waals surface area contributed by atoms with Crippen molar-refractivity contribution in [1.82, 2.24) is 9.13 Å². The molecule has 0 bridgehead atoms. The molecule has 2 heterocycles. The Morgan fingerprint density at radius 2 is 0.896 bits per heavy atom. The number of rotatable bonds is 7. The molecule has 0 amide bonds. The van der Waals surface area contributed by atoms with Crippen LogP contribution in [0.4, 0.5) is 0 Å². The van der Waals surface area contributed by atoms with E-state index in [1.165, 1.54) is 95.6 Å². The molecule has 0 saturated heterocycles. The summed E-state index contributed by atoms with van der Waals surface area (Å²) in [5, 5.41) is 5.12. The first kappa shape index (κ1) is 28.4. The number of hydrogen-bond acceptors (Lipinski definition) is 0. The fraction of sp³-hybridized carbons (Fsp3) is 0.0870. The smallest absolute Gasteiger partial charge is 0.0543 e. The molecular formula is C46H36N2. The summed E-state index contributed by atoms with van der Waals surface area (Å²) in [5.74, 6) is 0. The van der Waals surface area contributed by atoms with Gasteiger partial charge in [0.05, 0.1) is 22.1 Å². The zero-order valence-electron chi connectivity index (χ0n) is 27.1. The molecule has 2 aromatic heterocycles. The number of aromatic nitrogens is 2. The van der Waals surface area contributed by atoms with E-state index in [2.05, 4.69) is 180 Å². The molecular weight excluding hydrogens is 581 g/mol. The summed E-state index contributed by atoms with van der Waals surface area (Å²) >= 11 is 0. The van der Waals surface area contributed by atoms with Gasteiger partial charge in [0, 0.05) is 32.9 Å². The summed E-state index contributed by atoms with van der Waals surface area (Å²) in [6.07, 6.45) is 3.52. The molecule has 0 fully saturated rings. The Hall–Kier alpha value is -5.86. The summed E-state index contributed by atoms with van der Waals surface area (Å²) in [5.41, 5.74) is 13.6.